The number of urea groups is 1. The summed E-state index contributed by atoms with van der Waals surface area (Å²) in [4.78, 5) is 26.2. The highest BCUT2D eigenvalue weighted by molar-refractivity contribution is 5.88. The van der Waals surface area contributed by atoms with Gasteiger partial charge in [-0.3, -0.25) is 4.79 Å². The van der Waals surface area contributed by atoms with Crippen LogP contribution in [-0.2, 0) is 4.79 Å². The molecule has 1 fully saturated rings. The van der Waals surface area contributed by atoms with Crippen molar-refractivity contribution in [1.29, 1.82) is 0 Å². The van der Waals surface area contributed by atoms with Crippen LogP contribution in [0.1, 0.15) is 13.3 Å². The molecular formula is C9H17N3O2. The van der Waals surface area contributed by atoms with Crippen LogP contribution in [-0.4, -0.2) is 55.0 Å². The van der Waals surface area contributed by atoms with Crippen molar-refractivity contribution in [3.63, 3.8) is 0 Å². The zero-order valence-electron chi connectivity index (χ0n) is 8.91. The molecule has 5 heteroatoms. The molecular weight excluding hydrogens is 182 g/mol. The van der Waals surface area contributed by atoms with Crippen LogP contribution in [0, 0.1) is 0 Å². The van der Waals surface area contributed by atoms with Crippen molar-refractivity contribution in [3.8, 4) is 0 Å². The molecule has 0 aromatic carbocycles. The average Bonchev–Trinajstić information content (AvgIpc) is 2.16. The highest BCUT2D eigenvalue weighted by Gasteiger charge is 2.32. The molecule has 1 atom stereocenters. The number of piperazine rings is 1. The fourth-order valence-corrected chi connectivity index (χ4v) is 1.61. The van der Waals surface area contributed by atoms with E-state index in [-0.39, 0.29) is 18.0 Å². The highest BCUT2D eigenvalue weighted by Crippen LogP contribution is 2.10. The van der Waals surface area contributed by atoms with Crippen molar-refractivity contribution in [1.82, 2.24) is 15.1 Å². The van der Waals surface area contributed by atoms with Crippen LogP contribution < -0.4 is 5.32 Å². The molecule has 1 heterocycles. The van der Waals surface area contributed by atoms with E-state index in [2.05, 4.69) is 5.32 Å². The maximum absolute atomic E-state index is 11.7. The summed E-state index contributed by atoms with van der Waals surface area (Å²) < 4.78 is 0. The first-order chi connectivity index (χ1) is 6.57. The summed E-state index contributed by atoms with van der Waals surface area (Å²) in [5, 5.41) is 2.76. The predicted octanol–water partition coefficient (Wildman–Crippen LogP) is -0.122. The summed E-state index contributed by atoms with van der Waals surface area (Å²) in [5.74, 6) is -0.0473. The minimum absolute atomic E-state index is 0.0473. The number of nitrogens with zero attached hydrogens (tertiary/aromatic N) is 2. The molecule has 0 aliphatic carbocycles. The van der Waals surface area contributed by atoms with Crippen LogP contribution in [0.15, 0.2) is 0 Å². The summed E-state index contributed by atoms with van der Waals surface area (Å²) in [5.41, 5.74) is 0. The van der Waals surface area contributed by atoms with E-state index in [1.807, 2.05) is 6.92 Å². The van der Waals surface area contributed by atoms with E-state index < -0.39 is 0 Å². The quantitative estimate of drug-likeness (QED) is 0.640. The first kappa shape index (κ1) is 10.8. The van der Waals surface area contributed by atoms with E-state index in [0.717, 1.165) is 0 Å². The van der Waals surface area contributed by atoms with Crippen molar-refractivity contribution in [2.75, 3.05) is 27.2 Å². The molecule has 3 amide bonds. The van der Waals surface area contributed by atoms with Gasteiger partial charge in [-0.15, -0.1) is 0 Å². The van der Waals surface area contributed by atoms with Gasteiger partial charge in [-0.1, -0.05) is 6.92 Å². The van der Waals surface area contributed by atoms with Gasteiger partial charge in [-0.25, -0.2) is 4.79 Å². The minimum atomic E-state index is -0.307. The van der Waals surface area contributed by atoms with Crippen LogP contribution >= 0.6 is 0 Å². The predicted molar refractivity (Wildman–Crippen MR) is 52.9 cm³/mol. The normalized spacial score (nSPS) is 21.8. The lowest BCUT2D eigenvalue weighted by atomic mass is 10.1. The van der Waals surface area contributed by atoms with Crippen molar-refractivity contribution in [3.05, 3.63) is 0 Å². The lowest BCUT2D eigenvalue weighted by Gasteiger charge is -2.35. The molecule has 0 saturated carbocycles. The van der Waals surface area contributed by atoms with E-state index in [4.69, 9.17) is 0 Å². The molecule has 0 spiro atoms. The Bertz CT molecular complexity index is 240. The molecule has 0 radical (unpaired) electrons. The molecule has 0 aromatic rings. The second-order valence-electron chi connectivity index (χ2n) is 3.59. The van der Waals surface area contributed by atoms with E-state index in [0.29, 0.717) is 19.5 Å². The highest BCUT2D eigenvalue weighted by atomic mass is 16.2. The van der Waals surface area contributed by atoms with Gasteiger partial charge in [0, 0.05) is 27.2 Å². The zero-order chi connectivity index (χ0) is 10.7. The topological polar surface area (TPSA) is 52.7 Å². The number of hydrogen-bond acceptors (Lipinski definition) is 2. The first-order valence-corrected chi connectivity index (χ1v) is 4.83. The monoisotopic (exact) mass is 199 g/mol. The third kappa shape index (κ3) is 1.97. The SMILES string of the molecule is CCC1C(=O)NCCN1C(=O)N(C)C. The Morgan fingerprint density at radius 1 is 1.64 bits per heavy atom. The Labute approximate surface area is 84.0 Å². The Hall–Kier alpha value is -1.26. The first-order valence-electron chi connectivity index (χ1n) is 4.83. The fraction of sp³-hybridized carbons (Fsp3) is 0.778. The van der Waals surface area contributed by atoms with Gasteiger partial charge in [0.1, 0.15) is 6.04 Å². The number of amides is 3. The van der Waals surface area contributed by atoms with Gasteiger partial charge in [0.05, 0.1) is 0 Å². The molecule has 14 heavy (non-hydrogen) atoms. The van der Waals surface area contributed by atoms with Gasteiger partial charge in [-0.2, -0.15) is 0 Å². The summed E-state index contributed by atoms with van der Waals surface area (Å²) in [6.45, 7) is 3.06. The van der Waals surface area contributed by atoms with Crippen LogP contribution in [0.5, 0.6) is 0 Å². The zero-order valence-corrected chi connectivity index (χ0v) is 8.91. The van der Waals surface area contributed by atoms with E-state index in [9.17, 15) is 9.59 Å². The lowest BCUT2D eigenvalue weighted by Crippen LogP contribution is -2.58. The Balaban J connectivity index is 2.74. The van der Waals surface area contributed by atoms with Gasteiger partial charge in [0.2, 0.25) is 5.91 Å². The Morgan fingerprint density at radius 3 is 2.79 bits per heavy atom. The maximum atomic E-state index is 11.7. The van der Waals surface area contributed by atoms with Crippen molar-refractivity contribution in [2.24, 2.45) is 0 Å². The summed E-state index contributed by atoms with van der Waals surface area (Å²) in [6.07, 6.45) is 0.658. The molecule has 1 aliphatic rings. The third-order valence-corrected chi connectivity index (χ3v) is 2.35. The van der Waals surface area contributed by atoms with Gasteiger partial charge in [-0.05, 0) is 6.42 Å². The number of carbonyl (C=O) groups excluding carboxylic acids is 2. The molecule has 1 saturated heterocycles. The second kappa shape index (κ2) is 4.30. The number of hydrogen-bond donors (Lipinski definition) is 1. The standard InChI is InChI=1S/C9H17N3O2/c1-4-7-8(13)10-5-6-12(7)9(14)11(2)3/h7H,4-6H2,1-3H3,(H,10,13). The van der Waals surface area contributed by atoms with E-state index in [1.165, 1.54) is 4.90 Å². The molecule has 1 aliphatic heterocycles. The molecule has 5 nitrogen and oxygen atoms in total. The Kier molecular flexibility index (Phi) is 3.33. The molecule has 1 rings (SSSR count). The smallest absolute Gasteiger partial charge is 0.320 e. The molecule has 1 unspecified atom stereocenters. The fourth-order valence-electron chi connectivity index (χ4n) is 1.61. The van der Waals surface area contributed by atoms with Crippen LogP contribution in [0.25, 0.3) is 0 Å². The molecule has 1 N–H and O–H groups in total. The summed E-state index contributed by atoms with van der Waals surface area (Å²) in [6, 6.07) is -0.398. The number of rotatable bonds is 1. The largest absolute Gasteiger partial charge is 0.353 e. The maximum Gasteiger partial charge on any atom is 0.320 e. The number of nitrogens with one attached hydrogen (secondary N) is 1. The average molecular weight is 199 g/mol. The third-order valence-electron chi connectivity index (χ3n) is 2.35. The van der Waals surface area contributed by atoms with Gasteiger partial charge < -0.3 is 15.1 Å². The van der Waals surface area contributed by atoms with Crippen molar-refractivity contribution >= 4 is 11.9 Å². The molecule has 80 valence electrons. The van der Waals surface area contributed by atoms with E-state index in [1.54, 1.807) is 19.0 Å². The summed E-state index contributed by atoms with van der Waals surface area (Å²) >= 11 is 0. The molecule has 0 bridgehead atoms. The minimum Gasteiger partial charge on any atom is -0.353 e. The Morgan fingerprint density at radius 2 is 2.29 bits per heavy atom. The number of carbonyl (C=O) groups is 2. The van der Waals surface area contributed by atoms with Crippen LogP contribution in [0.3, 0.4) is 0 Å². The van der Waals surface area contributed by atoms with Crippen molar-refractivity contribution < 1.29 is 9.59 Å². The summed E-state index contributed by atoms with van der Waals surface area (Å²) in [7, 11) is 3.39. The van der Waals surface area contributed by atoms with Crippen LogP contribution in [0.2, 0.25) is 0 Å². The lowest BCUT2D eigenvalue weighted by molar-refractivity contribution is -0.127. The van der Waals surface area contributed by atoms with Gasteiger partial charge in [0.25, 0.3) is 0 Å². The van der Waals surface area contributed by atoms with E-state index >= 15 is 0 Å². The molecule has 0 aromatic heterocycles. The van der Waals surface area contributed by atoms with Crippen LogP contribution in [0.4, 0.5) is 4.79 Å². The second-order valence-corrected chi connectivity index (χ2v) is 3.59. The van der Waals surface area contributed by atoms with Crippen molar-refractivity contribution in [2.45, 2.75) is 19.4 Å². The van der Waals surface area contributed by atoms with Gasteiger partial charge >= 0.3 is 6.03 Å². The van der Waals surface area contributed by atoms with Gasteiger partial charge in [0.15, 0.2) is 0 Å².